The summed E-state index contributed by atoms with van der Waals surface area (Å²) in [7, 11) is 0. The number of anilines is 2. The minimum absolute atomic E-state index is 0.00606. The quantitative estimate of drug-likeness (QED) is 0.642. The number of nitrogens with two attached hydrogens (primary N) is 1. The van der Waals surface area contributed by atoms with Gasteiger partial charge in [-0.05, 0) is 43.5 Å². The summed E-state index contributed by atoms with van der Waals surface area (Å²) in [5, 5.41) is 5.52. The van der Waals surface area contributed by atoms with Gasteiger partial charge in [-0.1, -0.05) is 0 Å². The van der Waals surface area contributed by atoms with Crippen LogP contribution < -0.4 is 21.3 Å². The van der Waals surface area contributed by atoms with Gasteiger partial charge in [0.15, 0.2) is 0 Å². The second-order valence-corrected chi connectivity index (χ2v) is 6.96. The first-order valence-corrected chi connectivity index (χ1v) is 9.13. The SMILES string of the molecule is NC[C@@H](NCC1CC1)C(=O)Nc1ccc(N2CCOCC2=O)c(C(F)(F)F)c1. The molecule has 0 radical (unpaired) electrons. The zero-order chi connectivity index (χ0) is 20.3. The van der Waals surface area contributed by atoms with Crippen LogP contribution in [0.3, 0.4) is 0 Å². The third kappa shape index (κ3) is 5.00. The fraction of sp³-hybridized carbons (Fsp3) is 0.556. The number of ether oxygens (including phenoxy) is 1. The van der Waals surface area contributed by atoms with Gasteiger partial charge in [0.05, 0.1) is 23.9 Å². The zero-order valence-corrected chi connectivity index (χ0v) is 15.2. The van der Waals surface area contributed by atoms with Crippen molar-refractivity contribution in [2.24, 2.45) is 11.7 Å². The molecule has 2 aliphatic rings. The zero-order valence-electron chi connectivity index (χ0n) is 15.2. The van der Waals surface area contributed by atoms with Gasteiger partial charge in [0.2, 0.25) is 5.91 Å². The third-order valence-corrected chi connectivity index (χ3v) is 4.75. The van der Waals surface area contributed by atoms with Gasteiger partial charge in [0.1, 0.15) is 6.61 Å². The van der Waals surface area contributed by atoms with Crippen molar-refractivity contribution < 1.29 is 27.5 Å². The molecular weight excluding hydrogens is 377 g/mol. The predicted octanol–water partition coefficient (Wildman–Crippen LogP) is 1.33. The summed E-state index contributed by atoms with van der Waals surface area (Å²) in [6.45, 7) is 0.618. The fourth-order valence-electron chi connectivity index (χ4n) is 2.99. The van der Waals surface area contributed by atoms with E-state index in [0.717, 1.165) is 23.8 Å². The summed E-state index contributed by atoms with van der Waals surface area (Å²) in [5.74, 6) is -0.503. The van der Waals surface area contributed by atoms with E-state index in [1.54, 1.807) is 0 Å². The average molecular weight is 400 g/mol. The van der Waals surface area contributed by atoms with E-state index in [9.17, 15) is 22.8 Å². The summed E-state index contributed by atoms with van der Waals surface area (Å²) < 4.78 is 45.7. The van der Waals surface area contributed by atoms with Crippen LogP contribution >= 0.6 is 0 Å². The fourth-order valence-corrected chi connectivity index (χ4v) is 2.99. The first kappa shape index (κ1) is 20.6. The molecule has 28 heavy (non-hydrogen) atoms. The Labute approximate surface area is 160 Å². The number of hydrogen-bond acceptors (Lipinski definition) is 5. The summed E-state index contributed by atoms with van der Waals surface area (Å²) in [6.07, 6.45) is -2.49. The first-order chi connectivity index (χ1) is 13.3. The van der Waals surface area contributed by atoms with Gasteiger partial charge in [0, 0.05) is 18.8 Å². The normalized spacial score (nSPS) is 18.9. The summed E-state index contributed by atoms with van der Waals surface area (Å²) in [5.41, 5.74) is 4.37. The monoisotopic (exact) mass is 400 g/mol. The number of halogens is 3. The van der Waals surface area contributed by atoms with Crippen LogP contribution in [-0.2, 0) is 20.5 Å². The van der Waals surface area contributed by atoms with E-state index in [2.05, 4.69) is 10.6 Å². The Morgan fingerprint density at radius 3 is 2.71 bits per heavy atom. The van der Waals surface area contributed by atoms with Crippen LogP contribution in [0.15, 0.2) is 18.2 Å². The second kappa shape index (κ2) is 8.46. The van der Waals surface area contributed by atoms with Crippen molar-refractivity contribution in [1.29, 1.82) is 0 Å². The number of morpholine rings is 1. The Bertz CT molecular complexity index is 737. The molecule has 0 unspecified atom stereocenters. The Morgan fingerprint density at radius 1 is 1.36 bits per heavy atom. The van der Waals surface area contributed by atoms with Crippen molar-refractivity contribution in [1.82, 2.24) is 5.32 Å². The maximum absolute atomic E-state index is 13.6. The predicted molar refractivity (Wildman–Crippen MR) is 96.8 cm³/mol. The summed E-state index contributed by atoms with van der Waals surface area (Å²) in [6, 6.07) is 2.69. The van der Waals surface area contributed by atoms with E-state index in [-0.39, 0.29) is 37.7 Å². The standard InChI is InChI=1S/C18H23F3N4O3/c19-18(20,21)13-7-12(3-4-15(13)25-5-6-28-10-16(25)26)24-17(27)14(8-22)23-9-11-1-2-11/h3-4,7,11,14,23H,1-2,5-6,8-10,22H2,(H,24,27)/t14-/m1/s1. The largest absolute Gasteiger partial charge is 0.418 e. The Kier molecular flexibility index (Phi) is 6.21. The Hall–Kier alpha value is -2.17. The maximum Gasteiger partial charge on any atom is 0.418 e. The highest BCUT2D eigenvalue weighted by Crippen LogP contribution is 2.38. The lowest BCUT2D eigenvalue weighted by atomic mass is 10.1. The number of amides is 2. The van der Waals surface area contributed by atoms with E-state index in [1.165, 1.54) is 12.1 Å². The van der Waals surface area contributed by atoms with Crippen LogP contribution in [-0.4, -0.2) is 50.7 Å². The number of nitrogens with zero attached hydrogens (tertiary/aromatic N) is 1. The van der Waals surface area contributed by atoms with Crippen molar-refractivity contribution in [2.75, 3.05) is 43.1 Å². The first-order valence-electron chi connectivity index (χ1n) is 9.13. The lowest BCUT2D eigenvalue weighted by Crippen LogP contribution is -2.46. The van der Waals surface area contributed by atoms with Crippen molar-refractivity contribution in [3.8, 4) is 0 Å². The number of carbonyl (C=O) groups is 2. The van der Waals surface area contributed by atoms with Crippen molar-refractivity contribution in [3.05, 3.63) is 23.8 Å². The number of rotatable bonds is 7. The maximum atomic E-state index is 13.6. The van der Waals surface area contributed by atoms with Crippen LogP contribution in [0.1, 0.15) is 18.4 Å². The number of nitrogens with one attached hydrogen (secondary N) is 2. The van der Waals surface area contributed by atoms with Gasteiger partial charge in [-0.15, -0.1) is 0 Å². The molecule has 10 heteroatoms. The molecule has 4 N–H and O–H groups in total. The van der Waals surface area contributed by atoms with Gasteiger partial charge in [-0.25, -0.2) is 0 Å². The van der Waals surface area contributed by atoms with Crippen molar-refractivity contribution in [2.45, 2.75) is 25.1 Å². The van der Waals surface area contributed by atoms with E-state index in [4.69, 9.17) is 10.5 Å². The van der Waals surface area contributed by atoms with Gasteiger partial charge in [-0.2, -0.15) is 13.2 Å². The van der Waals surface area contributed by atoms with Crippen LogP contribution in [0.2, 0.25) is 0 Å². The highest BCUT2D eigenvalue weighted by atomic mass is 19.4. The van der Waals surface area contributed by atoms with Gasteiger partial charge >= 0.3 is 6.18 Å². The molecule has 1 atom stereocenters. The topological polar surface area (TPSA) is 96.7 Å². The molecule has 2 fully saturated rings. The molecule has 7 nitrogen and oxygen atoms in total. The van der Waals surface area contributed by atoms with E-state index in [1.807, 2.05) is 0 Å². The molecule has 1 aromatic rings. The molecule has 0 aromatic heterocycles. The van der Waals surface area contributed by atoms with Gasteiger partial charge in [-0.3, -0.25) is 9.59 Å². The number of hydrogen-bond donors (Lipinski definition) is 3. The minimum atomic E-state index is -4.69. The lowest BCUT2D eigenvalue weighted by Gasteiger charge is -2.29. The number of carbonyl (C=O) groups excluding carboxylic acids is 2. The summed E-state index contributed by atoms with van der Waals surface area (Å²) >= 11 is 0. The van der Waals surface area contributed by atoms with Crippen LogP contribution in [0.4, 0.5) is 24.5 Å². The van der Waals surface area contributed by atoms with Crippen molar-refractivity contribution >= 4 is 23.2 Å². The highest BCUT2D eigenvalue weighted by molar-refractivity contribution is 5.98. The molecule has 1 saturated heterocycles. The van der Waals surface area contributed by atoms with Crippen molar-refractivity contribution in [3.63, 3.8) is 0 Å². The van der Waals surface area contributed by atoms with E-state index in [0.29, 0.717) is 12.5 Å². The van der Waals surface area contributed by atoms with Crippen LogP contribution in [0.25, 0.3) is 0 Å². The average Bonchev–Trinajstić information content (AvgIpc) is 3.46. The molecule has 1 saturated carbocycles. The van der Waals surface area contributed by atoms with Crippen LogP contribution in [0, 0.1) is 5.92 Å². The summed E-state index contributed by atoms with van der Waals surface area (Å²) in [4.78, 5) is 25.4. The van der Waals surface area contributed by atoms with Crippen LogP contribution in [0.5, 0.6) is 0 Å². The highest BCUT2D eigenvalue weighted by Gasteiger charge is 2.37. The lowest BCUT2D eigenvalue weighted by molar-refractivity contribution is -0.137. The van der Waals surface area contributed by atoms with Gasteiger partial charge in [0.25, 0.3) is 5.91 Å². The molecule has 2 amide bonds. The second-order valence-electron chi connectivity index (χ2n) is 6.96. The molecule has 154 valence electrons. The molecule has 0 spiro atoms. The van der Waals surface area contributed by atoms with E-state index >= 15 is 0 Å². The smallest absolute Gasteiger partial charge is 0.370 e. The molecule has 1 heterocycles. The molecule has 1 aliphatic carbocycles. The molecular formula is C18H23F3N4O3. The Morgan fingerprint density at radius 2 is 2.11 bits per heavy atom. The molecule has 0 bridgehead atoms. The molecule has 1 aromatic carbocycles. The third-order valence-electron chi connectivity index (χ3n) is 4.75. The molecule has 3 rings (SSSR count). The molecule has 1 aliphatic heterocycles. The number of benzene rings is 1. The minimum Gasteiger partial charge on any atom is -0.370 e. The number of alkyl halides is 3. The Balaban J connectivity index is 1.78. The van der Waals surface area contributed by atoms with E-state index < -0.39 is 29.6 Å². The van der Waals surface area contributed by atoms with Gasteiger partial charge < -0.3 is 26.0 Å².